The quantitative estimate of drug-likeness (QED) is 0.813. The van der Waals surface area contributed by atoms with Crippen molar-refractivity contribution >= 4 is 5.69 Å². The SMILES string of the molecule is COc1ccc(C(C)(N)c2cccc(N)c2)cc1. The molecule has 0 aliphatic heterocycles. The molecule has 94 valence electrons. The Kier molecular flexibility index (Phi) is 3.26. The molecule has 0 spiro atoms. The topological polar surface area (TPSA) is 61.3 Å². The van der Waals surface area contributed by atoms with E-state index in [1.165, 1.54) is 0 Å². The zero-order valence-electron chi connectivity index (χ0n) is 10.7. The molecule has 0 amide bonds. The Balaban J connectivity index is 2.40. The first kappa shape index (κ1) is 12.5. The van der Waals surface area contributed by atoms with Crippen molar-refractivity contribution in [2.75, 3.05) is 12.8 Å². The second-order valence-corrected chi connectivity index (χ2v) is 4.56. The third kappa shape index (κ3) is 2.31. The van der Waals surface area contributed by atoms with Crippen LogP contribution in [-0.2, 0) is 5.54 Å². The summed E-state index contributed by atoms with van der Waals surface area (Å²) in [5, 5.41) is 0. The number of hydrogen-bond acceptors (Lipinski definition) is 3. The second kappa shape index (κ2) is 4.70. The fourth-order valence-electron chi connectivity index (χ4n) is 1.97. The summed E-state index contributed by atoms with van der Waals surface area (Å²) in [6.07, 6.45) is 0. The zero-order chi connectivity index (χ0) is 13.2. The summed E-state index contributed by atoms with van der Waals surface area (Å²) < 4.78 is 5.15. The highest BCUT2D eigenvalue weighted by molar-refractivity contribution is 5.47. The van der Waals surface area contributed by atoms with E-state index in [1.807, 2.05) is 55.5 Å². The maximum absolute atomic E-state index is 6.42. The van der Waals surface area contributed by atoms with E-state index in [2.05, 4.69) is 0 Å². The number of rotatable bonds is 3. The van der Waals surface area contributed by atoms with Gasteiger partial charge < -0.3 is 16.2 Å². The van der Waals surface area contributed by atoms with E-state index in [4.69, 9.17) is 16.2 Å². The minimum atomic E-state index is -0.568. The van der Waals surface area contributed by atoms with E-state index >= 15 is 0 Å². The van der Waals surface area contributed by atoms with Crippen LogP contribution in [0.25, 0.3) is 0 Å². The molecule has 2 aromatic carbocycles. The molecule has 0 saturated heterocycles. The molecule has 0 fully saturated rings. The fourth-order valence-corrected chi connectivity index (χ4v) is 1.97. The van der Waals surface area contributed by atoms with Crippen molar-refractivity contribution in [3.63, 3.8) is 0 Å². The molecule has 0 heterocycles. The molecule has 0 aliphatic rings. The van der Waals surface area contributed by atoms with Gasteiger partial charge in [-0.3, -0.25) is 0 Å². The average Bonchev–Trinajstić information content (AvgIpc) is 2.39. The largest absolute Gasteiger partial charge is 0.497 e. The molecule has 0 aliphatic carbocycles. The van der Waals surface area contributed by atoms with Gasteiger partial charge in [0, 0.05) is 5.69 Å². The predicted molar refractivity (Wildman–Crippen MR) is 74.5 cm³/mol. The molecule has 4 N–H and O–H groups in total. The van der Waals surface area contributed by atoms with E-state index in [9.17, 15) is 0 Å². The van der Waals surface area contributed by atoms with Gasteiger partial charge in [0.15, 0.2) is 0 Å². The Hall–Kier alpha value is -2.00. The molecule has 0 saturated carbocycles. The van der Waals surface area contributed by atoms with Crippen molar-refractivity contribution < 1.29 is 4.74 Å². The average molecular weight is 242 g/mol. The first-order chi connectivity index (χ1) is 8.54. The van der Waals surface area contributed by atoms with E-state index in [0.717, 1.165) is 22.6 Å². The number of nitrogen functional groups attached to an aromatic ring is 1. The molecule has 18 heavy (non-hydrogen) atoms. The third-order valence-electron chi connectivity index (χ3n) is 3.18. The van der Waals surface area contributed by atoms with E-state index in [-0.39, 0.29) is 0 Å². The highest BCUT2D eigenvalue weighted by Gasteiger charge is 2.23. The van der Waals surface area contributed by atoms with E-state index in [1.54, 1.807) is 7.11 Å². The standard InChI is InChI=1S/C15H18N2O/c1-15(17,12-4-3-5-13(16)10-12)11-6-8-14(18-2)9-7-11/h3-10H,16-17H2,1-2H3. The number of anilines is 1. The second-order valence-electron chi connectivity index (χ2n) is 4.56. The molecule has 1 unspecified atom stereocenters. The van der Waals surface area contributed by atoms with Gasteiger partial charge in [-0.2, -0.15) is 0 Å². The number of nitrogens with two attached hydrogens (primary N) is 2. The van der Waals surface area contributed by atoms with E-state index < -0.39 is 5.54 Å². The number of hydrogen-bond donors (Lipinski definition) is 2. The maximum Gasteiger partial charge on any atom is 0.118 e. The smallest absolute Gasteiger partial charge is 0.118 e. The summed E-state index contributed by atoms with van der Waals surface area (Å²) in [5.41, 5.74) is 14.4. The molecular weight excluding hydrogens is 224 g/mol. The van der Waals surface area contributed by atoms with Gasteiger partial charge >= 0.3 is 0 Å². The van der Waals surface area contributed by atoms with Crippen LogP contribution in [0.4, 0.5) is 5.69 Å². The summed E-state index contributed by atoms with van der Waals surface area (Å²) in [6, 6.07) is 15.4. The van der Waals surface area contributed by atoms with Gasteiger partial charge in [0.05, 0.1) is 12.6 Å². The molecule has 2 aromatic rings. The van der Waals surface area contributed by atoms with Gasteiger partial charge in [-0.05, 0) is 42.3 Å². The van der Waals surface area contributed by atoms with Gasteiger partial charge in [-0.15, -0.1) is 0 Å². The Morgan fingerprint density at radius 3 is 2.22 bits per heavy atom. The van der Waals surface area contributed by atoms with Crippen LogP contribution in [0.1, 0.15) is 18.1 Å². The summed E-state index contributed by atoms with van der Waals surface area (Å²) in [4.78, 5) is 0. The highest BCUT2D eigenvalue weighted by atomic mass is 16.5. The number of methoxy groups -OCH3 is 1. The molecule has 0 aromatic heterocycles. The summed E-state index contributed by atoms with van der Waals surface area (Å²) in [6.45, 7) is 1.98. The van der Waals surface area contributed by atoms with Crippen molar-refractivity contribution in [3.05, 3.63) is 59.7 Å². The van der Waals surface area contributed by atoms with Gasteiger partial charge in [-0.25, -0.2) is 0 Å². The Labute approximate surface area is 107 Å². The first-order valence-electron chi connectivity index (χ1n) is 5.83. The van der Waals surface area contributed by atoms with Crippen LogP contribution >= 0.6 is 0 Å². The lowest BCUT2D eigenvalue weighted by atomic mass is 9.85. The highest BCUT2D eigenvalue weighted by Crippen LogP contribution is 2.28. The van der Waals surface area contributed by atoms with Gasteiger partial charge in [-0.1, -0.05) is 24.3 Å². The fraction of sp³-hybridized carbons (Fsp3) is 0.200. The third-order valence-corrected chi connectivity index (χ3v) is 3.18. The Bertz CT molecular complexity index is 532. The van der Waals surface area contributed by atoms with Gasteiger partial charge in [0.2, 0.25) is 0 Å². The van der Waals surface area contributed by atoms with Crippen molar-refractivity contribution in [1.82, 2.24) is 0 Å². The lowest BCUT2D eigenvalue weighted by molar-refractivity contribution is 0.414. The van der Waals surface area contributed by atoms with Crippen LogP contribution in [0, 0.1) is 0 Å². The summed E-state index contributed by atoms with van der Waals surface area (Å²) >= 11 is 0. The van der Waals surface area contributed by atoms with Crippen LogP contribution in [-0.4, -0.2) is 7.11 Å². The normalized spacial score (nSPS) is 13.9. The molecule has 2 rings (SSSR count). The molecule has 0 radical (unpaired) electrons. The molecule has 3 heteroatoms. The minimum absolute atomic E-state index is 0.568. The monoisotopic (exact) mass is 242 g/mol. The maximum atomic E-state index is 6.42. The molecule has 0 bridgehead atoms. The van der Waals surface area contributed by atoms with Crippen molar-refractivity contribution in [2.45, 2.75) is 12.5 Å². The minimum Gasteiger partial charge on any atom is -0.497 e. The predicted octanol–water partition coefficient (Wildman–Crippen LogP) is 2.50. The van der Waals surface area contributed by atoms with Crippen LogP contribution in [0.5, 0.6) is 5.75 Å². The molecule has 1 atom stereocenters. The summed E-state index contributed by atoms with van der Waals surface area (Å²) in [7, 11) is 1.65. The lowest BCUT2D eigenvalue weighted by Gasteiger charge is -2.26. The van der Waals surface area contributed by atoms with Gasteiger partial charge in [0.1, 0.15) is 5.75 Å². The first-order valence-corrected chi connectivity index (χ1v) is 5.83. The lowest BCUT2D eigenvalue weighted by Crippen LogP contribution is -2.34. The Morgan fingerprint density at radius 2 is 1.67 bits per heavy atom. The van der Waals surface area contributed by atoms with Crippen LogP contribution in [0.2, 0.25) is 0 Å². The van der Waals surface area contributed by atoms with Crippen LogP contribution < -0.4 is 16.2 Å². The van der Waals surface area contributed by atoms with Crippen molar-refractivity contribution in [1.29, 1.82) is 0 Å². The van der Waals surface area contributed by atoms with Crippen molar-refractivity contribution in [2.24, 2.45) is 5.73 Å². The van der Waals surface area contributed by atoms with Crippen LogP contribution in [0.3, 0.4) is 0 Å². The zero-order valence-corrected chi connectivity index (χ0v) is 10.7. The summed E-state index contributed by atoms with van der Waals surface area (Å²) in [5.74, 6) is 0.821. The number of benzene rings is 2. The van der Waals surface area contributed by atoms with Gasteiger partial charge in [0.25, 0.3) is 0 Å². The van der Waals surface area contributed by atoms with Crippen LogP contribution in [0.15, 0.2) is 48.5 Å². The molecular formula is C15H18N2O. The van der Waals surface area contributed by atoms with E-state index in [0.29, 0.717) is 0 Å². The van der Waals surface area contributed by atoms with Crippen molar-refractivity contribution in [3.8, 4) is 5.75 Å². The number of ether oxygens (including phenoxy) is 1. The molecule has 3 nitrogen and oxygen atoms in total. The Morgan fingerprint density at radius 1 is 1.00 bits per heavy atom.